The monoisotopic (exact) mass is 268 g/mol. The van der Waals surface area contributed by atoms with Crippen LogP contribution in [0.5, 0.6) is 11.8 Å². The number of hydrogen-bond donors (Lipinski definition) is 2. The van der Waals surface area contributed by atoms with E-state index in [0.717, 1.165) is 0 Å². The molecule has 19 heavy (non-hydrogen) atoms. The van der Waals surface area contributed by atoms with Crippen LogP contribution >= 0.6 is 0 Å². The molecule has 3 N–H and O–H groups in total. The van der Waals surface area contributed by atoms with Gasteiger partial charge in [-0.15, -0.1) is 0 Å². The van der Waals surface area contributed by atoms with E-state index < -0.39 is 11.9 Å². The van der Waals surface area contributed by atoms with Crippen LogP contribution in [-0.2, 0) is 11.3 Å². The van der Waals surface area contributed by atoms with Crippen molar-refractivity contribution in [2.75, 3.05) is 14.2 Å². The van der Waals surface area contributed by atoms with Crippen LogP contribution in [0.3, 0.4) is 0 Å². The molecule has 0 fully saturated rings. The Balaban J connectivity index is 2.89. The Morgan fingerprint density at radius 1 is 1.32 bits per heavy atom. The molecule has 1 heterocycles. The van der Waals surface area contributed by atoms with Gasteiger partial charge in [0, 0.05) is 6.54 Å². The van der Waals surface area contributed by atoms with E-state index in [1.807, 2.05) is 13.8 Å². The van der Waals surface area contributed by atoms with Gasteiger partial charge in [0.15, 0.2) is 0 Å². The molecular weight excluding hydrogens is 248 g/mol. The Hall–Kier alpha value is -1.89. The Labute approximate surface area is 112 Å². The Morgan fingerprint density at radius 2 is 1.84 bits per heavy atom. The maximum atomic E-state index is 11.3. The predicted octanol–water partition coefficient (Wildman–Crippen LogP) is 0.0933. The first kappa shape index (κ1) is 15.2. The standard InChI is InChI=1S/C12H20N4O3/c1-7(2)9(10(13)17)14-5-8-11(18-3)15-6-16-12(8)19-4/h6-7,9,14H,5H2,1-4H3,(H2,13,17). The quantitative estimate of drug-likeness (QED) is 0.727. The minimum absolute atomic E-state index is 0.0825. The molecule has 1 atom stereocenters. The van der Waals surface area contributed by atoms with Crippen molar-refractivity contribution in [2.24, 2.45) is 11.7 Å². The van der Waals surface area contributed by atoms with Crippen molar-refractivity contribution in [3.05, 3.63) is 11.9 Å². The Morgan fingerprint density at radius 3 is 2.21 bits per heavy atom. The molecule has 0 aliphatic carbocycles. The first-order chi connectivity index (χ1) is 9.01. The number of nitrogens with two attached hydrogens (primary N) is 1. The molecule has 0 radical (unpaired) electrons. The highest BCUT2D eigenvalue weighted by Crippen LogP contribution is 2.23. The number of rotatable bonds is 7. The summed E-state index contributed by atoms with van der Waals surface area (Å²) in [7, 11) is 3.03. The maximum Gasteiger partial charge on any atom is 0.234 e. The van der Waals surface area contributed by atoms with Gasteiger partial charge < -0.3 is 20.5 Å². The van der Waals surface area contributed by atoms with Crippen LogP contribution in [0.4, 0.5) is 0 Å². The minimum atomic E-state index is -0.436. The molecule has 7 nitrogen and oxygen atoms in total. The Bertz CT molecular complexity index is 415. The first-order valence-electron chi connectivity index (χ1n) is 5.95. The van der Waals surface area contributed by atoms with Gasteiger partial charge in [0.05, 0.1) is 25.8 Å². The fourth-order valence-corrected chi connectivity index (χ4v) is 1.76. The lowest BCUT2D eigenvalue weighted by Gasteiger charge is -2.20. The number of hydrogen-bond acceptors (Lipinski definition) is 6. The number of amides is 1. The van der Waals surface area contributed by atoms with Crippen molar-refractivity contribution >= 4 is 5.91 Å². The summed E-state index contributed by atoms with van der Waals surface area (Å²) in [5.41, 5.74) is 6.00. The van der Waals surface area contributed by atoms with Gasteiger partial charge >= 0.3 is 0 Å². The van der Waals surface area contributed by atoms with Gasteiger partial charge in [-0.3, -0.25) is 4.79 Å². The zero-order valence-electron chi connectivity index (χ0n) is 11.6. The molecule has 0 aliphatic rings. The molecule has 0 aliphatic heterocycles. The largest absolute Gasteiger partial charge is 0.481 e. The second kappa shape index (κ2) is 6.89. The lowest BCUT2D eigenvalue weighted by Crippen LogP contribution is -2.44. The van der Waals surface area contributed by atoms with Gasteiger partial charge in [-0.2, -0.15) is 0 Å². The second-order valence-electron chi connectivity index (χ2n) is 4.38. The molecule has 106 valence electrons. The van der Waals surface area contributed by atoms with Crippen molar-refractivity contribution in [2.45, 2.75) is 26.4 Å². The summed E-state index contributed by atoms with van der Waals surface area (Å²) >= 11 is 0. The van der Waals surface area contributed by atoms with Gasteiger partial charge in [0.25, 0.3) is 0 Å². The zero-order valence-corrected chi connectivity index (χ0v) is 11.6. The zero-order chi connectivity index (χ0) is 14.4. The third-order valence-electron chi connectivity index (χ3n) is 2.72. The molecule has 7 heteroatoms. The molecule has 1 amide bonds. The lowest BCUT2D eigenvalue weighted by atomic mass is 10.0. The molecule has 1 unspecified atom stereocenters. The summed E-state index contributed by atoms with van der Waals surface area (Å²) in [4.78, 5) is 19.3. The van der Waals surface area contributed by atoms with Gasteiger partial charge in [0.2, 0.25) is 17.7 Å². The Kier molecular flexibility index (Phi) is 5.50. The van der Waals surface area contributed by atoms with E-state index in [0.29, 0.717) is 23.9 Å². The van der Waals surface area contributed by atoms with Crippen LogP contribution in [0.25, 0.3) is 0 Å². The molecule has 0 saturated carbocycles. The fraction of sp³-hybridized carbons (Fsp3) is 0.583. The molecule has 0 saturated heterocycles. The predicted molar refractivity (Wildman–Crippen MR) is 69.8 cm³/mol. The molecule has 0 spiro atoms. The van der Waals surface area contributed by atoms with Crippen molar-refractivity contribution < 1.29 is 14.3 Å². The van der Waals surface area contributed by atoms with Crippen molar-refractivity contribution in [3.8, 4) is 11.8 Å². The van der Waals surface area contributed by atoms with Crippen molar-refractivity contribution in [1.29, 1.82) is 0 Å². The minimum Gasteiger partial charge on any atom is -0.481 e. The lowest BCUT2D eigenvalue weighted by molar-refractivity contribution is -0.121. The van der Waals surface area contributed by atoms with Crippen LogP contribution in [0, 0.1) is 5.92 Å². The smallest absolute Gasteiger partial charge is 0.234 e. The van der Waals surface area contributed by atoms with E-state index in [-0.39, 0.29) is 5.92 Å². The fourth-order valence-electron chi connectivity index (χ4n) is 1.76. The van der Waals surface area contributed by atoms with Gasteiger partial charge in [0.1, 0.15) is 6.33 Å². The van der Waals surface area contributed by atoms with Crippen LogP contribution in [-0.4, -0.2) is 36.1 Å². The number of carbonyl (C=O) groups excluding carboxylic acids is 1. The van der Waals surface area contributed by atoms with E-state index in [4.69, 9.17) is 15.2 Å². The number of carbonyl (C=O) groups is 1. The number of primary amides is 1. The average molecular weight is 268 g/mol. The highest BCUT2D eigenvalue weighted by atomic mass is 16.5. The van der Waals surface area contributed by atoms with Crippen LogP contribution < -0.4 is 20.5 Å². The summed E-state index contributed by atoms with van der Waals surface area (Å²) in [6.07, 6.45) is 1.36. The number of nitrogens with one attached hydrogen (secondary N) is 1. The van der Waals surface area contributed by atoms with Gasteiger partial charge in [-0.05, 0) is 5.92 Å². The summed E-state index contributed by atoms with van der Waals surface area (Å²) in [6, 6.07) is -0.436. The van der Waals surface area contributed by atoms with E-state index in [2.05, 4.69) is 15.3 Å². The topological polar surface area (TPSA) is 99.4 Å². The third-order valence-corrected chi connectivity index (χ3v) is 2.72. The van der Waals surface area contributed by atoms with E-state index in [9.17, 15) is 4.79 Å². The molecule has 1 aromatic heterocycles. The maximum absolute atomic E-state index is 11.3. The normalized spacial score (nSPS) is 12.3. The molecule has 0 aromatic carbocycles. The van der Waals surface area contributed by atoms with Crippen LogP contribution in [0.15, 0.2) is 6.33 Å². The first-order valence-corrected chi connectivity index (χ1v) is 5.95. The SMILES string of the molecule is COc1ncnc(OC)c1CNC(C(N)=O)C(C)C. The summed E-state index contributed by atoms with van der Waals surface area (Å²) in [5.74, 6) is 0.501. The molecule has 1 aromatic rings. The number of ether oxygens (including phenoxy) is 2. The number of aromatic nitrogens is 2. The van der Waals surface area contributed by atoms with E-state index in [1.165, 1.54) is 20.5 Å². The molecule has 0 bridgehead atoms. The van der Waals surface area contributed by atoms with Crippen LogP contribution in [0.2, 0.25) is 0 Å². The number of methoxy groups -OCH3 is 2. The highest BCUT2D eigenvalue weighted by molar-refractivity contribution is 5.80. The second-order valence-corrected chi connectivity index (χ2v) is 4.38. The van der Waals surface area contributed by atoms with E-state index >= 15 is 0 Å². The van der Waals surface area contributed by atoms with E-state index in [1.54, 1.807) is 0 Å². The number of nitrogens with zero attached hydrogens (tertiary/aromatic N) is 2. The van der Waals surface area contributed by atoms with Crippen LogP contribution in [0.1, 0.15) is 19.4 Å². The highest BCUT2D eigenvalue weighted by Gasteiger charge is 2.21. The summed E-state index contributed by atoms with van der Waals surface area (Å²) in [5, 5.41) is 3.07. The molecular formula is C12H20N4O3. The van der Waals surface area contributed by atoms with Gasteiger partial charge in [-0.1, -0.05) is 13.8 Å². The summed E-state index contributed by atoms with van der Waals surface area (Å²) in [6.45, 7) is 4.16. The van der Waals surface area contributed by atoms with Gasteiger partial charge in [-0.25, -0.2) is 9.97 Å². The molecule has 1 rings (SSSR count). The van der Waals surface area contributed by atoms with Crippen molar-refractivity contribution in [1.82, 2.24) is 15.3 Å². The summed E-state index contributed by atoms with van der Waals surface area (Å²) < 4.78 is 10.3. The average Bonchev–Trinajstić information content (AvgIpc) is 2.37. The van der Waals surface area contributed by atoms with Crippen molar-refractivity contribution in [3.63, 3.8) is 0 Å². The third kappa shape index (κ3) is 3.78.